The van der Waals surface area contributed by atoms with Gasteiger partial charge in [0.05, 0.1) is 18.8 Å². The van der Waals surface area contributed by atoms with E-state index < -0.39 is 0 Å². The molecular weight excluding hydrogens is 202 g/mol. The second-order valence-electron chi connectivity index (χ2n) is 4.32. The van der Waals surface area contributed by atoms with Crippen molar-refractivity contribution >= 4 is 0 Å². The maximum absolute atomic E-state index is 8.94. The zero-order valence-electron chi connectivity index (χ0n) is 11.0. The van der Waals surface area contributed by atoms with Crippen LogP contribution in [-0.2, 0) is 4.74 Å². The van der Waals surface area contributed by atoms with Crippen LogP contribution in [-0.4, -0.2) is 50.3 Å². The Balaban J connectivity index is 3.66. The van der Waals surface area contributed by atoms with Crippen LogP contribution in [0, 0.1) is 11.3 Å². The average molecular weight is 227 g/mol. The van der Waals surface area contributed by atoms with Crippen molar-refractivity contribution in [2.45, 2.75) is 39.3 Å². The monoisotopic (exact) mass is 227 g/mol. The molecule has 0 aliphatic carbocycles. The van der Waals surface area contributed by atoms with Crippen molar-refractivity contribution in [2.75, 3.05) is 33.3 Å². The number of ether oxygens (including phenoxy) is 1. The Kier molecular flexibility index (Phi) is 9.21. The fourth-order valence-corrected chi connectivity index (χ4v) is 1.32. The van der Waals surface area contributed by atoms with Crippen LogP contribution in [0.2, 0.25) is 0 Å². The first-order chi connectivity index (χ1) is 7.60. The molecule has 0 rings (SSSR count). The molecule has 0 aromatic rings. The predicted octanol–water partition coefficient (Wildman–Crippen LogP) is 1.23. The molecule has 0 saturated carbocycles. The van der Waals surface area contributed by atoms with E-state index >= 15 is 0 Å². The lowest BCUT2D eigenvalue weighted by Gasteiger charge is -2.20. The molecule has 16 heavy (non-hydrogen) atoms. The Morgan fingerprint density at radius 1 is 1.44 bits per heavy atom. The van der Waals surface area contributed by atoms with Crippen molar-refractivity contribution in [2.24, 2.45) is 0 Å². The van der Waals surface area contributed by atoms with Gasteiger partial charge >= 0.3 is 0 Å². The molecule has 0 saturated heterocycles. The van der Waals surface area contributed by atoms with E-state index in [0.717, 1.165) is 32.7 Å². The molecule has 0 spiro atoms. The molecule has 0 aromatic heterocycles. The van der Waals surface area contributed by atoms with Crippen LogP contribution in [0.5, 0.6) is 0 Å². The van der Waals surface area contributed by atoms with Gasteiger partial charge in [-0.3, -0.25) is 0 Å². The predicted molar refractivity (Wildman–Crippen MR) is 66.3 cm³/mol. The summed E-state index contributed by atoms with van der Waals surface area (Å²) in [5.74, 6) is 0. The minimum absolute atomic E-state index is 0.0796. The van der Waals surface area contributed by atoms with Crippen LogP contribution < -0.4 is 5.32 Å². The molecule has 0 fully saturated rings. The van der Waals surface area contributed by atoms with Crippen molar-refractivity contribution in [3.8, 4) is 6.07 Å². The van der Waals surface area contributed by atoms with Gasteiger partial charge in [-0.1, -0.05) is 6.92 Å². The molecule has 0 bridgehead atoms. The zero-order chi connectivity index (χ0) is 12.4. The first kappa shape index (κ1) is 15.4. The summed E-state index contributed by atoms with van der Waals surface area (Å²) in [7, 11) is 2.02. The van der Waals surface area contributed by atoms with Crippen LogP contribution >= 0.6 is 0 Å². The lowest BCUT2D eigenvalue weighted by atomic mass is 10.3. The fraction of sp³-hybridized carbons (Fsp3) is 0.917. The van der Waals surface area contributed by atoms with E-state index in [0.29, 0.717) is 0 Å². The molecule has 0 aromatic carbocycles. The number of nitrogens with zero attached hydrogens (tertiary/aromatic N) is 2. The molecule has 1 atom stereocenters. The topological polar surface area (TPSA) is 48.3 Å². The second kappa shape index (κ2) is 9.59. The highest BCUT2D eigenvalue weighted by molar-refractivity contribution is 4.91. The van der Waals surface area contributed by atoms with E-state index in [2.05, 4.69) is 23.2 Å². The highest BCUT2D eigenvalue weighted by Gasteiger charge is 2.09. The fourth-order valence-electron chi connectivity index (χ4n) is 1.32. The Labute approximate surface area is 99.6 Å². The van der Waals surface area contributed by atoms with Gasteiger partial charge in [0.2, 0.25) is 0 Å². The van der Waals surface area contributed by atoms with Crippen molar-refractivity contribution in [3.05, 3.63) is 0 Å². The summed E-state index contributed by atoms with van der Waals surface area (Å²) in [4.78, 5) is 2.12. The van der Waals surface area contributed by atoms with E-state index in [1.807, 2.05) is 20.9 Å². The van der Waals surface area contributed by atoms with Gasteiger partial charge in [-0.25, -0.2) is 0 Å². The van der Waals surface area contributed by atoms with E-state index in [4.69, 9.17) is 10.00 Å². The van der Waals surface area contributed by atoms with Gasteiger partial charge in [-0.15, -0.1) is 0 Å². The number of nitriles is 1. The number of hydrogen-bond acceptors (Lipinski definition) is 4. The minimum atomic E-state index is -0.0796. The number of nitrogens with one attached hydrogen (secondary N) is 1. The molecule has 0 heterocycles. The van der Waals surface area contributed by atoms with Crippen LogP contribution in [0.3, 0.4) is 0 Å². The highest BCUT2D eigenvalue weighted by atomic mass is 16.5. The molecule has 0 aliphatic rings. The smallest absolute Gasteiger partial charge is 0.108 e. The molecule has 0 radical (unpaired) electrons. The maximum Gasteiger partial charge on any atom is 0.108 e. The number of rotatable bonds is 9. The minimum Gasteiger partial charge on any atom is -0.377 e. The molecule has 4 nitrogen and oxygen atoms in total. The summed E-state index contributed by atoms with van der Waals surface area (Å²) >= 11 is 0. The van der Waals surface area contributed by atoms with Gasteiger partial charge in [-0.2, -0.15) is 5.26 Å². The molecular formula is C12H25N3O. The average Bonchev–Trinajstić information content (AvgIpc) is 2.23. The summed E-state index contributed by atoms with van der Waals surface area (Å²) in [5.41, 5.74) is 0. The third kappa shape index (κ3) is 8.66. The Bertz CT molecular complexity index is 201. The van der Waals surface area contributed by atoms with Gasteiger partial charge in [0.25, 0.3) is 0 Å². The molecule has 1 unspecified atom stereocenters. The van der Waals surface area contributed by atoms with E-state index in [1.165, 1.54) is 0 Å². The first-order valence-electron chi connectivity index (χ1n) is 6.03. The standard InChI is InChI=1S/C12H25N3O/c1-5-6-14-12(9-13)10-15(4)7-8-16-11(2)3/h11-12,14H,5-8,10H2,1-4H3. The van der Waals surface area contributed by atoms with Crippen molar-refractivity contribution in [1.82, 2.24) is 10.2 Å². The Morgan fingerprint density at radius 3 is 2.62 bits per heavy atom. The van der Waals surface area contributed by atoms with Gasteiger partial charge < -0.3 is 15.0 Å². The molecule has 4 heteroatoms. The second-order valence-corrected chi connectivity index (χ2v) is 4.32. The lowest BCUT2D eigenvalue weighted by molar-refractivity contribution is 0.0632. The quantitative estimate of drug-likeness (QED) is 0.644. The summed E-state index contributed by atoms with van der Waals surface area (Å²) in [5, 5.41) is 12.2. The molecule has 0 aliphatic heterocycles. The first-order valence-corrected chi connectivity index (χ1v) is 6.03. The van der Waals surface area contributed by atoms with E-state index in [-0.39, 0.29) is 12.1 Å². The maximum atomic E-state index is 8.94. The van der Waals surface area contributed by atoms with E-state index in [1.54, 1.807) is 0 Å². The van der Waals surface area contributed by atoms with Crippen molar-refractivity contribution in [3.63, 3.8) is 0 Å². The van der Waals surface area contributed by atoms with Crippen molar-refractivity contribution in [1.29, 1.82) is 5.26 Å². The Hall–Kier alpha value is -0.630. The van der Waals surface area contributed by atoms with E-state index in [9.17, 15) is 0 Å². The van der Waals surface area contributed by atoms with Crippen LogP contribution in [0.25, 0.3) is 0 Å². The summed E-state index contributed by atoms with van der Waals surface area (Å²) in [6.07, 6.45) is 1.33. The Morgan fingerprint density at radius 2 is 2.12 bits per heavy atom. The van der Waals surface area contributed by atoms with Gasteiger partial charge in [0.1, 0.15) is 6.04 Å². The molecule has 94 valence electrons. The van der Waals surface area contributed by atoms with Crippen LogP contribution in [0.1, 0.15) is 27.2 Å². The summed E-state index contributed by atoms with van der Waals surface area (Å²) in [6, 6.07) is 2.19. The highest BCUT2D eigenvalue weighted by Crippen LogP contribution is 1.92. The zero-order valence-corrected chi connectivity index (χ0v) is 11.0. The lowest BCUT2D eigenvalue weighted by Crippen LogP contribution is -2.40. The largest absolute Gasteiger partial charge is 0.377 e. The molecule has 0 amide bonds. The van der Waals surface area contributed by atoms with Crippen LogP contribution in [0.15, 0.2) is 0 Å². The summed E-state index contributed by atoms with van der Waals surface area (Å²) in [6.45, 7) is 9.39. The third-order valence-corrected chi connectivity index (χ3v) is 2.22. The normalized spacial score (nSPS) is 13.1. The third-order valence-electron chi connectivity index (χ3n) is 2.22. The van der Waals surface area contributed by atoms with Gasteiger partial charge in [0.15, 0.2) is 0 Å². The SMILES string of the molecule is CCCNC(C#N)CN(C)CCOC(C)C. The van der Waals surface area contributed by atoms with Gasteiger partial charge in [0, 0.05) is 13.1 Å². The molecule has 1 N–H and O–H groups in total. The van der Waals surface area contributed by atoms with Crippen molar-refractivity contribution < 1.29 is 4.74 Å². The number of hydrogen-bond donors (Lipinski definition) is 1. The van der Waals surface area contributed by atoms with Crippen LogP contribution in [0.4, 0.5) is 0 Å². The summed E-state index contributed by atoms with van der Waals surface area (Å²) < 4.78 is 5.46. The van der Waals surface area contributed by atoms with Gasteiger partial charge in [-0.05, 0) is 33.9 Å². The number of likely N-dealkylation sites (N-methyl/N-ethyl adjacent to an activating group) is 1.